The predicted molar refractivity (Wildman–Crippen MR) is 84.6 cm³/mol. The van der Waals surface area contributed by atoms with Gasteiger partial charge >= 0.3 is 0 Å². The number of rotatable bonds is 0. The molecule has 3 aliphatic rings. The highest BCUT2D eigenvalue weighted by molar-refractivity contribution is 9.12. The van der Waals surface area contributed by atoms with E-state index in [1.54, 1.807) is 0 Å². The van der Waals surface area contributed by atoms with Crippen LogP contribution in [0.1, 0.15) is 51.4 Å². The van der Waals surface area contributed by atoms with Crippen LogP contribution in [-0.2, 0) is 0 Å². The molecule has 0 aromatic rings. The van der Waals surface area contributed by atoms with Crippen molar-refractivity contribution < 1.29 is 0 Å². The molecule has 6 atom stereocenters. The van der Waals surface area contributed by atoms with Gasteiger partial charge in [0, 0.05) is 15.7 Å². The number of hydrogen-bond donors (Lipinski definition) is 1. The summed E-state index contributed by atoms with van der Waals surface area (Å²) in [4.78, 5) is 1.36. The van der Waals surface area contributed by atoms with E-state index in [0.29, 0.717) is 9.65 Å². The van der Waals surface area contributed by atoms with Crippen molar-refractivity contribution in [1.29, 1.82) is 0 Å². The summed E-state index contributed by atoms with van der Waals surface area (Å²) in [7, 11) is 0. The minimum absolute atomic E-state index is 0.668. The molecule has 3 fully saturated rings. The fourth-order valence-corrected chi connectivity index (χ4v) is 6.59. The van der Waals surface area contributed by atoms with Crippen molar-refractivity contribution in [3.63, 3.8) is 0 Å². The molecule has 0 radical (unpaired) electrons. The molecule has 0 aromatic heterocycles. The van der Waals surface area contributed by atoms with Gasteiger partial charge in [0.2, 0.25) is 0 Å². The van der Waals surface area contributed by atoms with E-state index in [1.165, 1.54) is 57.9 Å². The quantitative estimate of drug-likeness (QED) is 0.612. The molecule has 3 heteroatoms. The average molecular weight is 379 g/mol. The Morgan fingerprint density at radius 3 is 2.17 bits per heavy atom. The second-order valence-corrected chi connectivity index (χ2v) is 8.67. The zero-order chi connectivity index (χ0) is 12.5. The highest BCUT2D eigenvalue weighted by atomic mass is 79.9. The second-order valence-electron chi connectivity index (χ2n) is 6.56. The highest BCUT2D eigenvalue weighted by Gasteiger charge is 2.42. The summed E-state index contributed by atoms with van der Waals surface area (Å²) in [6.07, 6.45) is 11.4. The van der Waals surface area contributed by atoms with Gasteiger partial charge in [-0.1, -0.05) is 57.5 Å². The first kappa shape index (κ1) is 13.9. The Kier molecular flexibility index (Phi) is 4.73. The number of alkyl halides is 2. The fraction of sp³-hybridized carbons (Fsp3) is 1.00. The third kappa shape index (κ3) is 2.69. The van der Waals surface area contributed by atoms with Gasteiger partial charge in [0.15, 0.2) is 0 Å². The molecule has 1 N–H and O–H groups in total. The van der Waals surface area contributed by atoms with E-state index in [0.717, 1.165) is 23.8 Å². The van der Waals surface area contributed by atoms with E-state index in [4.69, 9.17) is 0 Å². The normalized spacial score (nSPS) is 49.7. The van der Waals surface area contributed by atoms with E-state index in [9.17, 15) is 0 Å². The summed E-state index contributed by atoms with van der Waals surface area (Å²) in [5, 5.41) is 3.92. The lowest BCUT2D eigenvalue weighted by Gasteiger charge is -2.46. The monoisotopic (exact) mass is 377 g/mol. The molecule has 6 unspecified atom stereocenters. The standard InChI is InChI=1S/C15H25Br2N/c16-14-11-6-2-1-5-10(11)9-18-13-8-4-3-7-12(13)15(14)17/h10-15,18H,1-9H2. The van der Waals surface area contributed by atoms with Crippen LogP contribution in [-0.4, -0.2) is 22.2 Å². The third-order valence-electron chi connectivity index (χ3n) is 5.55. The van der Waals surface area contributed by atoms with Crippen molar-refractivity contribution in [3.8, 4) is 0 Å². The molecule has 18 heavy (non-hydrogen) atoms. The van der Waals surface area contributed by atoms with E-state index in [2.05, 4.69) is 37.2 Å². The summed E-state index contributed by atoms with van der Waals surface area (Å²) >= 11 is 8.12. The predicted octanol–water partition coefficient (Wildman–Crippen LogP) is 4.48. The third-order valence-corrected chi connectivity index (χ3v) is 8.76. The van der Waals surface area contributed by atoms with Gasteiger partial charge in [-0.3, -0.25) is 0 Å². The Hall–Kier alpha value is 0.920. The number of hydrogen-bond acceptors (Lipinski definition) is 1. The first-order chi connectivity index (χ1) is 8.77. The summed E-state index contributed by atoms with van der Waals surface area (Å²) in [5.74, 6) is 2.63. The molecule has 1 heterocycles. The minimum atomic E-state index is 0.668. The first-order valence-corrected chi connectivity index (χ1v) is 9.62. The maximum Gasteiger partial charge on any atom is 0.0316 e. The van der Waals surface area contributed by atoms with Crippen LogP contribution in [0.5, 0.6) is 0 Å². The SMILES string of the molecule is BrC1C(Br)C2CCCCC2NCC2CCCCC21. The second kappa shape index (κ2) is 6.13. The van der Waals surface area contributed by atoms with Crippen molar-refractivity contribution in [1.82, 2.24) is 5.32 Å². The smallest absolute Gasteiger partial charge is 0.0316 e. The largest absolute Gasteiger partial charge is 0.313 e. The maximum atomic E-state index is 4.07. The van der Waals surface area contributed by atoms with Gasteiger partial charge < -0.3 is 5.32 Å². The van der Waals surface area contributed by atoms with E-state index >= 15 is 0 Å². The fourth-order valence-electron chi connectivity index (χ4n) is 4.48. The summed E-state index contributed by atoms with van der Waals surface area (Å²) in [6.45, 7) is 1.27. The molecule has 1 saturated heterocycles. The number of halogens is 2. The molecular formula is C15H25Br2N. The Labute approximate surface area is 128 Å². The molecule has 1 aliphatic heterocycles. The van der Waals surface area contributed by atoms with Crippen LogP contribution in [0.4, 0.5) is 0 Å². The molecule has 0 spiro atoms. The van der Waals surface area contributed by atoms with Gasteiger partial charge in [-0.15, -0.1) is 0 Å². The van der Waals surface area contributed by atoms with Crippen LogP contribution >= 0.6 is 31.9 Å². The van der Waals surface area contributed by atoms with Crippen LogP contribution in [0.15, 0.2) is 0 Å². The molecule has 2 aliphatic carbocycles. The van der Waals surface area contributed by atoms with Crippen LogP contribution < -0.4 is 5.32 Å². The molecule has 0 amide bonds. The lowest BCUT2D eigenvalue weighted by molar-refractivity contribution is 0.153. The Balaban J connectivity index is 1.78. The summed E-state index contributed by atoms with van der Waals surface area (Å²) in [6, 6.07) is 0.769. The van der Waals surface area contributed by atoms with Crippen LogP contribution in [0, 0.1) is 17.8 Å². The molecule has 104 valence electrons. The van der Waals surface area contributed by atoms with Gasteiger partial charge in [-0.25, -0.2) is 0 Å². The molecule has 0 bridgehead atoms. The minimum Gasteiger partial charge on any atom is -0.313 e. The Bertz CT molecular complexity index is 256. The van der Waals surface area contributed by atoms with Gasteiger partial charge in [-0.05, 0) is 50.0 Å². The molecule has 1 nitrogen and oxygen atoms in total. The molecule has 2 saturated carbocycles. The molecular weight excluding hydrogens is 354 g/mol. The van der Waals surface area contributed by atoms with Crippen LogP contribution in [0.3, 0.4) is 0 Å². The number of fused-ring (bicyclic) bond motifs is 2. The Morgan fingerprint density at radius 2 is 1.33 bits per heavy atom. The van der Waals surface area contributed by atoms with Crippen LogP contribution in [0.25, 0.3) is 0 Å². The van der Waals surface area contributed by atoms with Crippen molar-refractivity contribution in [2.75, 3.05) is 6.54 Å². The van der Waals surface area contributed by atoms with Crippen molar-refractivity contribution in [2.45, 2.75) is 67.1 Å². The van der Waals surface area contributed by atoms with E-state index < -0.39 is 0 Å². The van der Waals surface area contributed by atoms with Crippen LogP contribution in [0.2, 0.25) is 0 Å². The van der Waals surface area contributed by atoms with E-state index in [1.807, 2.05) is 0 Å². The zero-order valence-electron chi connectivity index (χ0n) is 11.1. The zero-order valence-corrected chi connectivity index (χ0v) is 14.3. The summed E-state index contributed by atoms with van der Waals surface area (Å²) in [5.41, 5.74) is 0. The Morgan fingerprint density at radius 1 is 0.722 bits per heavy atom. The number of nitrogens with one attached hydrogen (secondary N) is 1. The molecule has 0 aromatic carbocycles. The topological polar surface area (TPSA) is 12.0 Å². The summed E-state index contributed by atoms with van der Waals surface area (Å²) < 4.78 is 0. The highest BCUT2D eigenvalue weighted by Crippen LogP contribution is 2.44. The average Bonchev–Trinajstić information content (AvgIpc) is 2.43. The molecule has 3 rings (SSSR count). The van der Waals surface area contributed by atoms with Gasteiger partial charge in [0.05, 0.1) is 0 Å². The van der Waals surface area contributed by atoms with Gasteiger partial charge in [-0.2, -0.15) is 0 Å². The van der Waals surface area contributed by atoms with Gasteiger partial charge in [0.25, 0.3) is 0 Å². The van der Waals surface area contributed by atoms with Crippen molar-refractivity contribution >= 4 is 31.9 Å². The van der Waals surface area contributed by atoms with Crippen molar-refractivity contribution in [3.05, 3.63) is 0 Å². The lowest BCUT2D eigenvalue weighted by atomic mass is 9.71. The first-order valence-electron chi connectivity index (χ1n) is 7.79. The maximum absolute atomic E-state index is 4.07. The van der Waals surface area contributed by atoms with E-state index in [-0.39, 0.29) is 0 Å². The lowest BCUT2D eigenvalue weighted by Crippen LogP contribution is -2.52. The van der Waals surface area contributed by atoms with Crippen molar-refractivity contribution in [2.24, 2.45) is 17.8 Å². The van der Waals surface area contributed by atoms with Gasteiger partial charge in [0.1, 0.15) is 0 Å².